The molecular weight excluding hydrogens is 266 g/mol. The summed E-state index contributed by atoms with van der Waals surface area (Å²) < 4.78 is 33.0. The zero-order valence-electron chi connectivity index (χ0n) is 10.7. The molecule has 0 saturated heterocycles. The summed E-state index contributed by atoms with van der Waals surface area (Å²) in [6, 6.07) is 2.09. The summed E-state index contributed by atoms with van der Waals surface area (Å²) >= 11 is 0. The smallest absolute Gasteiger partial charge is 0.328 e. The number of aliphatic carboxylic acids is 1. The first-order valence-electron chi connectivity index (χ1n) is 6.29. The van der Waals surface area contributed by atoms with Gasteiger partial charge in [-0.3, -0.25) is 0 Å². The summed E-state index contributed by atoms with van der Waals surface area (Å²) in [5.41, 5.74) is 0.133. The third kappa shape index (κ3) is 3.66. The monoisotopic (exact) mass is 280 g/mol. The molecule has 106 valence electrons. The Labute approximate surface area is 115 Å². The van der Waals surface area contributed by atoms with E-state index in [1.165, 1.54) is 0 Å². The lowest BCUT2D eigenvalue weighted by Crippen LogP contribution is -2.17. The normalized spacial score (nSPS) is 18.4. The van der Waals surface area contributed by atoms with Crippen LogP contribution in [0.1, 0.15) is 24.8 Å². The molecular formula is C15H14F2O3. The number of carbonyl (C=O) groups is 1. The number of hydrogen-bond acceptors (Lipinski definition) is 2. The van der Waals surface area contributed by atoms with E-state index in [1.807, 2.05) is 6.08 Å². The maximum absolute atomic E-state index is 13.8. The largest absolute Gasteiger partial charge is 0.480 e. The van der Waals surface area contributed by atoms with Gasteiger partial charge in [-0.15, -0.1) is 0 Å². The van der Waals surface area contributed by atoms with Gasteiger partial charge < -0.3 is 9.84 Å². The molecule has 0 spiro atoms. The van der Waals surface area contributed by atoms with Crippen LogP contribution in [0.15, 0.2) is 30.4 Å². The van der Waals surface area contributed by atoms with E-state index in [2.05, 4.69) is 0 Å². The van der Waals surface area contributed by atoms with Crippen LogP contribution in [0.4, 0.5) is 8.78 Å². The summed E-state index contributed by atoms with van der Waals surface area (Å²) in [6.45, 7) is 0. The molecule has 1 aromatic rings. The van der Waals surface area contributed by atoms with Gasteiger partial charge >= 0.3 is 5.97 Å². The van der Waals surface area contributed by atoms with E-state index in [9.17, 15) is 13.6 Å². The molecule has 0 fully saturated rings. The zero-order valence-corrected chi connectivity index (χ0v) is 10.7. The molecule has 0 heterocycles. The number of ether oxygens (including phenoxy) is 1. The predicted octanol–water partition coefficient (Wildman–Crippen LogP) is 3.55. The molecule has 1 N–H and O–H groups in total. The SMILES string of the molecule is O=C(O)/C=C/c1cc(F)c(OC2C=CCCC2)c(F)c1. The van der Waals surface area contributed by atoms with Gasteiger partial charge in [0.15, 0.2) is 17.4 Å². The van der Waals surface area contributed by atoms with E-state index >= 15 is 0 Å². The molecule has 2 rings (SSSR count). The molecule has 1 aliphatic carbocycles. The van der Waals surface area contributed by atoms with Gasteiger partial charge in [-0.25, -0.2) is 13.6 Å². The first-order valence-corrected chi connectivity index (χ1v) is 6.29. The van der Waals surface area contributed by atoms with Gasteiger partial charge in [0.25, 0.3) is 0 Å². The van der Waals surface area contributed by atoms with Crippen molar-refractivity contribution in [3.63, 3.8) is 0 Å². The summed E-state index contributed by atoms with van der Waals surface area (Å²) in [5.74, 6) is -3.28. The summed E-state index contributed by atoms with van der Waals surface area (Å²) in [4.78, 5) is 10.4. The molecule has 1 atom stereocenters. The summed E-state index contributed by atoms with van der Waals surface area (Å²) in [7, 11) is 0. The Hall–Kier alpha value is -2.17. The molecule has 0 radical (unpaired) electrons. The fourth-order valence-corrected chi connectivity index (χ4v) is 1.99. The van der Waals surface area contributed by atoms with Gasteiger partial charge in [-0.2, -0.15) is 0 Å². The second-order valence-electron chi connectivity index (χ2n) is 4.50. The van der Waals surface area contributed by atoms with Crippen LogP contribution < -0.4 is 4.74 Å². The van der Waals surface area contributed by atoms with Crippen LogP contribution in [0, 0.1) is 11.6 Å². The Bertz CT molecular complexity index is 541. The van der Waals surface area contributed by atoms with Gasteiger partial charge in [0.05, 0.1) is 0 Å². The molecule has 0 aliphatic heterocycles. The number of halogens is 2. The highest BCUT2D eigenvalue weighted by Crippen LogP contribution is 2.27. The van der Waals surface area contributed by atoms with Crippen LogP contribution in [0.3, 0.4) is 0 Å². The quantitative estimate of drug-likeness (QED) is 0.677. The molecule has 0 amide bonds. The lowest BCUT2D eigenvalue weighted by molar-refractivity contribution is -0.131. The lowest BCUT2D eigenvalue weighted by atomic mass is 10.1. The predicted molar refractivity (Wildman–Crippen MR) is 70.4 cm³/mol. The number of carboxylic acid groups (broad SMARTS) is 1. The minimum atomic E-state index is -1.18. The van der Waals surface area contributed by atoms with Crippen LogP contribution >= 0.6 is 0 Å². The van der Waals surface area contributed by atoms with Crippen molar-refractivity contribution >= 4 is 12.0 Å². The Kier molecular flexibility index (Phi) is 4.50. The number of carboxylic acids is 1. The second kappa shape index (κ2) is 6.32. The van der Waals surface area contributed by atoms with E-state index in [1.54, 1.807) is 6.08 Å². The topological polar surface area (TPSA) is 46.5 Å². The molecule has 0 bridgehead atoms. The Morgan fingerprint density at radius 3 is 2.60 bits per heavy atom. The standard InChI is InChI=1S/C15H14F2O3/c16-12-8-10(6-7-14(18)19)9-13(17)15(12)20-11-4-2-1-3-5-11/h2,4,6-9,11H,1,3,5H2,(H,18,19)/b7-6+. The van der Waals surface area contributed by atoms with Crippen molar-refractivity contribution in [1.82, 2.24) is 0 Å². The molecule has 1 unspecified atom stereocenters. The minimum Gasteiger partial charge on any atom is -0.480 e. The first kappa shape index (κ1) is 14.2. The summed E-state index contributed by atoms with van der Waals surface area (Å²) in [6.07, 6.45) is 7.92. The van der Waals surface area contributed by atoms with E-state index in [0.29, 0.717) is 0 Å². The average Bonchev–Trinajstić information content (AvgIpc) is 2.42. The third-order valence-corrected chi connectivity index (χ3v) is 2.92. The van der Waals surface area contributed by atoms with Crippen molar-refractivity contribution in [3.8, 4) is 5.75 Å². The van der Waals surface area contributed by atoms with Gasteiger partial charge in [0, 0.05) is 6.08 Å². The van der Waals surface area contributed by atoms with Gasteiger partial charge in [0.2, 0.25) is 0 Å². The number of allylic oxidation sites excluding steroid dienone is 1. The van der Waals surface area contributed by atoms with Crippen molar-refractivity contribution in [2.75, 3.05) is 0 Å². The Morgan fingerprint density at radius 2 is 2.05 bits per heavy atom. The second-order valence-corrected chi connectivity index (χ2v) is 4.50. The van der Waals surface area contributed by atoms with Gasteiger partial charge in [-0.05, 0) is 49.1 Å². The fourth-order valence-electron chi connectivity index (χ4n) is 1.99. The fraction of sp³-hybridized carbons (Fsp3) is 0.267. The van der Waals surface area contributed by atoms with E-state index in [-0.39, 0.29) is 11.7 Å². The van der Waals surface area contributed by atoms with Crippen LogP contribution in [0.5, 0.6) is 5.75 Å². The summed E-state index contributed by atoms with van der Waals surface area (Å²) in [5, 5.41) is 8.48. The van der Waals surface area contributed by atoms with Crippen molar-refractivity contribution < 1.29 is 23.4 Å². The van der Waals surface area contributed by atoms with Crippen molar-refractivity contribution in [2.45, 2.75) is 25.4 Å². The Balaban J connectivity index is 2.20. The zero-order chi connectivity index (χ0) is 14.5. The highest BCUT2D eigenvalue weighted by molar-refractivity contribution is 5.85. The third-order valence-electron chi connectivity index (χ3n) is 2.92. The van der Waals surface area contributed by atoms with Gasteiger partial charge in [-0.1, -0.05) is 6.08 Å². The molecule has 5 heteroatoms. The van der Waals surface area contributed by atoms with Crippen LogP contribution in [0.25, 0.3) is 6.08 Å². The van der Waals surface area contributed by atoms with E-state index < -0.39 is 23.4 Å². The lowest BCUT2D eigenvalue weighted by Gasteiger charge is -2.19. The molecule has 1 aliphatic rings. The van der Waals surface area contributed by atoms with Crippen LogP contribution in [-0.2, 0) is 4.79 Å². The number of benzene rings is 1. The molecule has 0 aromatic heterocycles. The Morgan fingerprint density at radius 1 is 1.35 bits per heavy atom. The molecule has 1 aromatic carbocycles. The highest BCUT2D eigenvalue weighted by Gasteiger charge is 2.17. The maximum Gasteiger partial charge on any atom is 0.328 e. The van der Waals surface area contributed by atoms with Gasteiger partial charge in [0.1, 0.15) is 6.10 Å². The number of rotatable bonds is 4. The molecule has 3 nitrogen and oxygen atoms in total. The maximum atomic E-state index is 13.8. The van der Waals surface area contributed by atoms with E-state index in [4.69, 9.17) is 9.84 Å². The highest BCUT2D eigenvalue weighted by atomic mass is 19.1. The van der Waals surface area contributed by atoms with Crippen LogP contribution in [0.2, 0.25) is 0 Å². The van der Waals surface area contributed by atoms with E-state index in [0.717, 1.165) is 43.5 Å². The minimum absolute atomic E-state index is 0.133. The van der Waals surface area contributed by atoms with Crippen molar-refractivity contribution in [2.24, 2.45) is 0 Å². The molecule has 20 heavy (non-hydrogen) atoms. The van der Waals surface area contributed by atoms with Crippen molar-refractivity contribution in [3.05, 3.63) is 47.6 Å². The van der Waals surface area contributed by atoms with Crippen LogP contribution in [-0.4, -0.2) is 17.2 Å². The molecule has 0 saturated carbocycles. The average molecular weight is 280 g/mol. The van der Waals surface area contributed by atoms with Crippen molar-refractivity contribution in [1.29, 1.82) is 0 Å². The first-order chi connectivity index (χ1) is 9.56. The number of hydrogen-bond donors (Lipinski definition) is 1.